The summed E-state index contributed by atoms with van der Waals surface area (Å²) in [6, 6.07) is 1.31. The minimum atomic E-state index is -1.47. The van der Waals surface area contributed by atoms with Crippen LogP contribution in [0.5, 0.6) is 0 Å². The number of carbonyl (C=O) groups is 2. The standard InChI is InChI=1S/C12H10F3NO3/c1-6(17)16-10(12(18)19-2)5-7-8(13)3-4-9(14)11(7)15/h3-5H,1-2H3,(H,16,17)/b10-5-. The number of esters is 1. The lowest BCUT2D eigenvalue weighted by Crippen LogP contribution is -2.25. The number of hydrogen-bond acceptors (Lipinski definition) is 3. The number of benzene rings is 1. The van der Waals surface area contributed by atoms with E-state index in [4.69, 9.17) is 0 Å². The van der Waals surface area contributed by atoms with Crippen molar-refractivity contribution in [2.75, 3.05) is 7.11 Å². The molecule has 0 saturated carbocycles. The average molecular weight is 273 g/mol. The van der Waals surface area contributed by atoms with Crippen LogP contribution < -0.4 is 5.32 Å². The monoisotopic (exact) mass is 273 g/mol. The van der Waals surface area contributed by atoms with Crippen molar-refractivity contribution in [3.8, 4) is 0 Å². The van der Waals surface area contributed by atoms with Gasteiger partial charge >= 0.3 is 5.97 Å². The van der Waals surface area contributed by atoms with Crippen molar-refractivity contribution >= 4 is 18.0 Å². The normalized spacial score (nSPS) is 11.1. The van der Waals surface area contributed by atoms with Crippen molar-refractivity contribution < 1.29 is 27.5 Å². The molecule has 1 aromatic carbocycles. The summed E-state index contributed by atoms with van der Waals surface area (Å²) in [6.07, 6.45) is 0.668. The number of halogens is 3. The van der Waals surface area contributed by atoms with E-state index in [9.17, 15) is 22.8 Å². The molecule has 0 aliphatic heterocycles. The number of carbonyl (C=O) groups excluding carboxylic acids is 2. The van der Waals surface area contributed by atoms with E-state index in [1.807, 2.05) is 5.32 Å². The molecule has 0 aromatic heterocycles. The van der Waals surface area contributed by atoms with Crippen molar-refractivity contribution in [2.24, 2.45) is 0 Å². The minimum Gasteiger partial charge on any atom is -0.464 e. The molecule has 0 spiro atoms. The minimum absolute atomic E-state index is 0.501. The molecule has 7 heteroatoms. The molecule has 0 saturated heterocycles. The van der Waals surface area contributed by atoms with Crippen LogP contribution >= 0.6 is 0 Å². The molecular weight excluding hydrogens is 263 g/mol. The van der Waals surface area contributed by atoms with Gasteiger partial charge in [-0.15, -0.1) is 0 Å². The number of nitrogens with one attached hydrogen (secondary N) is 1. The molecule has 0 aliphatic rings. The van der Waals surface area contributed by atoms with Crippen molar-refractivity contribution in [2.45, 2.75) is 6.92 Å². The lowest BCUT2D eigenvalue weighted by molar-refractivity contribution is -0.137. The van der Waals surface area contributed by atoms with Crippen LogP contribution in [0.1, 0.15) is 12.5 Å². The fourth-order valence-corrected chi connectivity index (χ4v) is 1.27. The zero-order chi connectivity index (χ0) is 14.6. The second-order valence-corrected chi connectivity index (χ2v) is 3.49. The average Bonchev–Trinajstić information content (AvgIpc) is 2.36. The third kappa shape index (κ3) is 3.57. The molecule has 1 N–H and O–H groups in total. The Hall–Kier alpha value is -2.31. The van der Waals surface area contributed by atoms with E-state index in [1.54, 1.807) is 0 Å². The Labute approximate surface area is 106 Å². The number of methoxy groups -OCH3 is 1. The summed E-state index contributed by atoms with van der Waals surface area (Å²) in [5, 5.41) is 2.04. The van der Waals surface area contributed by atoms with E-state index >= 15 is 0 Å². The summed E-state index contributed by atoms with van der Waals surface area (Å²) in [5.41, 5.74) is -1.28. The topological polar surface area (TPSA) is 55.4 Å². The van der Waals surface area contributed by atoms with Gasteiger partial charge in [0, 0.05) is 6.92 Å². The van der Waals surface area contributed by atoms with E-state index in [2.05, 4.69) is 4.74 Å². The Balaban J connectivity index is 3.33. The van der Waals surface area contributed by atoms with Crippen LogP contribution in [-0.2, 0) is 14.3 Å². The molecule has 0 unspecified atom stereocenters. The van der Waals surface area contributed by atoms with Gasteiger partial charge in [-0.3, -0.25) is 4.79 Å². The molecule has 19 heavy (non-hydrogen) atoms. The number of rotatable bonds is 3. The van der Waals surface area contributed by atoms with Crippen molar-refractivity contribution in [1.82, 2.24) is 5.32 Å². The highest BCUT2D eigenvalue weighted by atomic mass is 19.2. The summed E-state index contributed by atoms with van der Waals surface area (Å²) < 4.78 is 44.1. The summed E-state index contributed by atoms with van der Waals surface area (Å²) >= 11 is 0. The second kappa shape index (κ2) is 6.03. The molecule has 0 aliphatic carbocycles. The summed E-state index contributed by atoms with van der Waals surface area (Å²) in [7, 11) is 1.02. The Bertz CT molecular complexity index is 555. The fourth-order valence-electron chi connectivity index (χ4n) is 1.27. The maximum Gasteiger partial charge on any atom is 0.354 e. The molecule has 0 heterocycles. The van der Waals surface area contributed by atoms with E-state index in [-0.39, 0.29) is 0 Å². The van der Waals surface area contributed by atoms with Gasteiger partial charge in [-0.2, -0.15) is 0 Å². The quantitative estimate of drug-likeness (QED) is 0.518. The molecule has 1 amide bonds. The van der Waals surface area contributed by atoms with Crippen LogP contribution in [0.4, 0.5) is 13.2 Å². The number of hydrogen-bond donors (Lipinski definition) is 1. The summed E-state index contributed by atoms with van der Waals surface area (Å²) in [5.74, 6) is -5.48. The van der Waals surface area contributed by atoms with Gasteiger partial charge in [0.15, 0.2) is 11.6 Å². The van der Waals surface area contributed by atoms with Crippen LogP contribution in [0.25, 0.3) is 6.08 Å². The maximum absolute atomic E-state index is 13.4. The van der Waals surface area contributed by atoms with Crippen molar-refractivity contribution in [3.05, 3.63) is 40.8 Å². The first kappa shape index (κ1) is 14.7. The number of ether oxygens (including phenoxy) is 1. The molecule has 0 fully saturated rings. The highest BCUT2D eigenvalue weighted by Crippen LogP contribution is 2.18. The molecule has 1 aromatic rings. The van der Waals surface area contributed by atoms with E-state index < -0.39 is 40.6 Å². The third-order valence-electron chi connectivity index (χ3n) is 2.08. The zero-order valence-corrected chi connectivity index (χ0v) is 10.1. The largest absolute Gasteiger partial charge is 0.464 e. The molecule has 0 radical (unpaired) electrons. The highest BCUT2D eigenvalue weighted by Gasteiger charge is 2.17. The van der Waals surface area contributed by atoms with Gasteiger partial charge in [-0.05, 0) is 18.2 Å². The van der Waals surface area contributed by atoms with Crippen molar-refractivity contribution in [3.63, 3.8) is 0 Å². The van der Waals surface area contributed by atoms with Gasteiger partial charge in [0.1, 0.15) is 11.5 Å². The predicted octanol–water partition coefficient (Wildman–Crippen LogP) is 1.75. The second-order valence-electron chi connectivity index (χ2n) is 3.49. The van der Waals surface area contributed by atoms with Crippen LogP contribution in [0.15, 0.2) is 17.8 Å². The molecular formula is C12H10F3NO3. The maximum atomic E-state index is 13.4. The smallest absolute Gasteiger partial charge is 0.354 e. The van der Waals surface area contributed by atoms with Gasteiger partial charge in [0.25, 0.3) is 0 Å². The SMILES string of the molecule is COC(=O)/C(=C/c1c(F)ccc(F)c1F)NC(C)=O. The summed E-state index contributed by atoms with van der Waals surface area (Å²) in [6.45, 7) is 1.09. The molecule has 4 nitrogen and oxygen atoms in total. The Morgan fingerprint density at radius 3 is 2.32 bits per heavy atom. The van der Waals surface area contributed by atoms with Gasteiger partial charge in [-0.25, -0.2) is 18.0 Å². The van der Waals surface area contributed by atoms with Crippen LogP contribution in [-0.4, -0.2) is 19.0 Å². The Kier molecular flexibility index (Phi) is 4.68. The first-order chi connectivity index (χ1) is 8.86. The third-order valence-corrected chi connectivity index (χ3v) is 2.08. The lowest BCUT2D eigenvalue weighted by Gasteiger charge is -2.07. The predicted molar refractivity (Wildman–Crippen MR) is 60.1 cm³/mol. The number of amides is 1. The lowest BCUT2D eigenvalue weighted by atomic mass is 10.1. The molecule has 1 rings (SSSR count). The first-order valence-corrected chi connectivity index (χ1v) is 5.08. The van der Waals surface area contributed by atoms with Crippen LogP contribution in [0, 0.1) is 17.5 Å². The van der Waals surface area contributed by atoms with E-state index in [1.165, 1.54) is 0 Å². The van der Waals surface area contributed by atoms with Gasteiger partial charge in [0.2, 0.25) is 5.91 Å². The Morgan fingerprint density at radius 2 is 1.79 bits per heavy atom. The Morgan fingerprint density at radius 1 is 1.21 bits per heavy atom. The van der Waals surface area contributed by atoms with Crippen LogP contribution in [0.3, 0.4) is 0 Å². The molecule has 0 atom stereocenters. The van der Waals surface area contributed by atoms with E-state index in [0.717, 1.165) is 14.0 Å². The van der Waals surface area contributed by atoms with Gasteiger partial charge in [0.05, 0.1) is 12.7 Å². The van der Waals surface area contributed by atoms with E-state index in [0.29, 0.717) is 18.2 Å². The van der Waals surface area contributed by atoms with Gasteiger partial charge in [-0.1, -0.05) is 0 Å². The fraction of sp³-hybridized carbons (Fsp3) is 0.167. The van der Waals surface area contributed by atoms with Gasteiger partial charge < -0.3 is 10.1 Å². The molecule has 102 valence electrons. The molecule has 0 bridgehead atoms. The van der Waals surface area contributed by atoms with Crippen molar-refractivity contribution in [1.29, 1.82) is 0 Å². The zero-order valence-electron chi connectivity index (χ0n) is 10.1. The van der Waals surface area contributed by atoms with Crippen LogP contribution in [0.2, 0.25) is 0 Å². The summed E-state index contributed by atoms with van der Waals surface area (Å²) in [4.78, 5) is 22.2. The highest BCUT2D eigenvalue weighted by molar-refractivity contribution is 5.97. The first-order valence-electron chi connectivity index (χ1n) is 5.08.